The van der Waals surface area contributed by atoms with Gasteiger partial charge in [0.1, 0.15) is 0 Å². The summed E-state index contributed by atoms with van der Waals surface area (Å²) in [6, 6.07) is 13.1. The van der Waals surface area contributed by atoms with Crippen LogP contribution < -0.4 is 10.6 Å². The van der Waals surface area contributed by atoms with Crippen LogP contribution in [0.3, 0.4) is 0 Å². The van der Waals surface area contributed by atoms with Gasteiger partial charge >= 0.3 is 5.97 Å². The number of hydrogen-bond donors (Lipinski definition) is 2. The zero-order valence-corrected chi connectivity index (χ0v) is 17.2. The highest BCUT2D eigenvalue weighted by molar-refractivity contribution is 7.12. The third kappa shape index (κ3) is 5.87. The molecule has 0 spiro atoms. The molecule has 2 amide bonds. The summed E-state index contributed by atoms with van der Waals surface area (Å²) in [6.45, 7) is -0.635. The first kappa shape index (κ1) is 21.9. The monoisotopic (exact) mass is 459 g/mol. The van der Waals surface area contributed by atoms with E-state index in [0.717, 1.165) is 6.07 Å². The minimum atomic E-state index is -0.785. The maximum atomic E-state index is 12.3. The van der Waals surface area contributed by atoms with E-state index in [1.54, 1.807) is 29.6 Å². The first-order valence-corrected chi connectivity index (χ1v) is 9.95. The van der Waals surface area contributed by atoms with E-state index in [0.29, 0.717) is 10.6 Å². The Morgan fingerprint density at radius 2 is 1.87 bits per heavy atom. The lowest BCUT2D eigenvalue weighted by Crippen LogP contribution is -2.21. The second-order valence-corrected chi connectivity index (χ2v) is 7.41. The molecule has 9 nitrogen and oxygen atoms in total. The van der Waals surface area contributed by atoms with Crippen LogP contribution in [0, 0.1) is 10.1 Å². The average molecular weight is 460 g/mol. The summed E-state index contributed by atoms with van der Waals surface area (Å²) < 4.78 is 4.97. The van der Waals surface area contributed by atoms with Crippen molar-refractivity contribution in [3.8, 4) is 0 Å². The molecule has 3 aromatic rings. The molecule has 0 saturated heterocycles. The van der Waals surface area contributed by atoms with Crippen molar-refractivity contribution in [1.82, 2.24) is 0 Å². The van der Waals surface area contributed by atoms with Crippen LogP contribution in [0.5, 0.6) is 0 Å². The third-order valence-corrected chi connectivity index (χ3v) is 5.07. The fourth-order valence-electron chi connectivity index (χ4n) is 2.45. The molecule has 0 saturated carbocycles. The van der Waals surface area contributed by atoms with Gasteiger partial charge in [-0.2, -0.15) is 0 Å². The van der Waals surface area contributed by atoms with E-state index >= 15 is 0 Å². The second-order valence-electron chi connectivity index (χ2n) is 6.06. The van der Waals surface area contributed by atoms with Crippen LogP contribution >= 0.6 is 22.9 Å². The lowest BCUT2D eigenvalue weighted by Gasteiger charge is -2.09. The lowest BCUT2D eigenvalue weighted by atomic mass is 10.2. The molecule has 0 atom stereocenters. The summed E-state index contributed by atoms with van der Waals surface area (Å²) >= 11 is 7.20. The highest BCUT2D eigenvalue weighted by atomic mass is 35.5. The van der Waals surface area contributed by atoms with Gasteiger partial charge in [-0.1, -0.05) is 23.7 Å². The Hall–Kier alpha value is -3.76. The number of halogens is 1. The molecule has 0 fully saturated rings. The quantitative estimate of drug-likeness (QED) is 0.307. The summed E-state index contributed by atoms with van der Waals surface area (Å²) in [5.41, 5.74) is 0.291. The number of ether oxygens (including phenoxy) is 1. The average Bonchev–Trinajstić information content (AvgIpc) is 3.29. The smallest absolute Gasteiger partial charge is 0.338 e. The maximum Gasteiger partial charge on any atom is 0.338 e. The number of carbonyl (C=O) groups is 3. The number of rotatable bonds is 7. The minimum absolute atomic E-state index is 0.0233. The van der Waals surface area contributed by atoms with Crippen LogP contribution in [0.4, 0.5) is 17.1 Å². The van der Waals surface area contributed by atoms with Gasteiger partial charge < -0.3 is 15.4 Å². The summed E-state index contributed by atoms with van der Waals surface area (Å²) in [6.07, 6.45) is 0. The number of carbonyl (C=O) groups excluding carboxylic acids is 3. The summed E-state index contributed by atoms with van der Waals surface area (Å²) in [5.74, 6) is -1.82. The number of benzene rings is 2. The van der Waals surface area contributed by atoms with Crippen LogP contribution in [0.1, 0.15) is 20.0 Å². The van der Waals surface area contributed by atoms with Gasteiger partial charge in [0.25, 0.3) is 17.5 Å². The molecule has 0 unspecified atom stereocenters. The first-order valence-electron chi connectivity index (χ1n) is 8.69. The highest BCUT2D eigenvalue weighted by Crippen LogP contribution is 2.26. The van der Waals surface area contributed by atoms with Gasteiger partial charge in [-0.25, -0.2) is 4.79 Å². The molecular formula is C20H14ClN3O6S. The Labute approximate surface area is 184 Å². The molecule has 1 heterocycles. The van der Waals surface area contributed by atoms with Crippen LogP contribution in [0.25, 0.3) is 0 Å². The van der Waals surface area contributed by atoms with Crippen molar-refractivity contribution in [2.24, 2.45) is 0 Å². The largest absolute Gasteiger partial charge is 0.452 e. The van der Waals surface area contributed by atoms with E-state index in [1.165, 1.54) is 35.6 Å². The fraction of sp³-hybridized carbons (Fsp3) is 0.0500. The zero-order valence-electron chi connectivity index (χ0n) is 15.7. The number of nitro benzene ring substituents is 1. The first-order chi connectivity index (χ1) is 14.8. The van der Waals surface area contributed by atoms with E-state index < -0.39 is 23.4 Å². The molecule has 0 aliphatic heterocycles. The molecule has 158 valence electrons. The topological polar surface area (TPSA) is 128 Å². The summed E-state index contributed by atoms with van der Waals surface area (Å²) in [4.78, 5) is 47.1. The van der Waals surface area contributed by atoms with Gasteiger partial charge in [-0.05, 0) is 35.7 Å². The number of thiophene rings is 1. The van der Waals surface area contributed by atoms with Crippen molar-refractivity contribution in [3.05, 3.63) is 85.6 Å². The van der Waals surface area contributed by atoms with E-state index in [4.69, 9.17) is 16.3 Å². The Bertz CT molecular complexity index is 1150. The normalized spacial score (nSPS) is 10.2. The molecule has 0 aliphatic rings. The van der Waals surface area contributed by atoms with Crippen molar-refractivity contribution in [1.29, 1.82) is 0 Å². The number of non-ortho nitro benzene ring substituents is 1. The predicted molar refractivity (Wildman–Crippen MR) is 116 cm³/mol. The number of hydrogen-bond acceptors (Lipinski definition) is 7. The van der Waals surface area contributed by atoms with E-state index in [1.807, 2.05) is 0 Å². The van der Waals surface area contributed by atoms with Crippen molar-refractivity contribution in [2.45, 2.75) is 0 Å². The van der Waals surface area contributed by atoms with Crippen molar-refractivity contribution in [2.75, 3.05) is 17.2 Å². The van der Waals surface area contributed by atoms with E-state index in [9.17, 15) is 24.5 Å². The molecule has 2 N–H and O–H groups in total. The minimum Gasteiger partial charge on any atom is -0.452 e. The van der Waals surface area contributed by atoms with Gasteiger partial charge in [0.15, 0.2) is 6.61 Å². The van der Waals surface area contributed by atoms with Crippen LogP contribution in [0.15, 0.2) is 60.0 Å². The molecule has 3 rings (SSSR count). The standard InChI is InChI=1S/C20H14ClN3O6S/c21-15-7-6-14(24(28)29)10-16(15)23-18(25)11-30-20(27)12-3-1-4-13(9-12)22-19(26)17-5-2-8-31-17/h1-10H,11H2,(H,22,26)(H,23,25). The van der Waals surface area contributed by atoms with Crippen LogP contribution in [0.2, 0.25) is 5.02 Å². The molecule has 0 bridgehead atoms. The zero-order chi connectivity index (χ0) is 22.4. The molecule has 0 radical (unpaired) electrons. The van der Waals surface area contributed by atoms with E-state index in [2.05, 4.69) is 10.6 Å². The molecule has 11 heteroatoms. The Kier molecular flexibility index (Phi) is 6.96. The number of anilines is 2. The Balaban J connectivity index is 1.58. The van der Waals surface area contributed by atoms with Gasteiger partial charge in [0, 0.05) is 17.8 Å². The van der Waals surface area contributed by atoms with E-state index in [-0.39, 0.29) is 27.9 Å². The molecular weight excluding hydrogens is 446 g/mol. The number of amides is 2. The second kappa shape index (κ2) is 9.83. The maximum absolute atomic E-state index is 12.3. The molecule has 31 heavy (non-hydrogen) atoms. The highest BCUT2D eigenvalue weighted by Gasteiger charge is 2.15. The van der Waals surface area contributed by atoms with Gasteiger partial charge in [0.05, 0.1) is 26.1 Å². The van der Waals surface area contributed by atoms with Crippen LogP contribution in [-0.4, -0.2) is 29.3 Å². The van der Waals surface area contributed by atoms with Gasteiger partial charge in [0.2, 0.25) is 0 Å². The lowest BCUT2D eigenvalue weighted by molar-refractivity contribution is -0.384. The number of nitrogens with zero attached hydrogens (tertiary/aromatic N) is 1. The number of nitro groups is 1. The van der Waals surface area contributed by atoms with Crippen molar-refractivity contribution < 1.29 is 24.0 Å². The Morgan fingerprint density at radius 1 is 1.06 bits per heavy atom. The SMILES string of the molecule is O=C(COC(=O)c1cccc(NC(=O)c2cccs2)c1)Nc1cc([N+](=O)[O-])ccc1Cl. The molecule has 0 aliphatic carbocycles. The summed E-state index contributed by atoms with van der Waals surface area (Å²) in [7, 11) is 0. The molecule has 2 aromatic carbocycles. The van der Waals surface area contributed by atoms with Gasteiger partial charge in [-0.15, -0.1) is 11.3 Å². The van der Waals surface area contributed by atoms with Crippen molar-refractivity contribution >= 4 is 57.8 Å². The van der Waals surface area contributed by atoms with Crippen LogP contribution in [-0.2, 0) is 9.53 Å². The predicted octanol–water partition coefficient (Wildman–Crippen LogP) is 4.36. The van der Waals surface area contributed by atoms with Crippen molar-refractivity contribution in [3.63, 3.8) is 0 Å². The third-order valence-electron chi connectivity index (χ3n) is 3.87. The number of nitrogens with one attached hydrogen (secondary N) is 2. The van der Waals surface area contributed by atoms with Gasteiger partial charge in [-0.3, -0.25) is 19.7 Å². The molecule has 1 aromatic heterocycles. The number of esters is 1. The summed E-state index contributed by atoms with van der Waals surface area (Å²) in [5, 5.41) is 17.7. The fourth-order valence-corrected chi connectivity index (χ4v) is 3.23. The Morgan fingerprint density at radius 3 is 2.58 bits per heavy atom.